The van der Waals surface area contributed by atoms with Crippen molar-refractivity contribution in [3.8, 4) is 0 Å². The lowest BCUT2D eigenvalue weighted by atomic mass is 10.1. The summed E-state index contributed by atoms with van der Waals surface area (Å²) in [5, 5.41) is 6.97. The summed E-state index contributed by atoms with van der Waals surface area (Å²) in [6.07, 6.45) is 1.93. The summed E-state index contributed by atoms with van der Waals surface area (Å²) in [5.74, 6) is 0. The molecule has 5 nitrogen and oxygen atoms in total. The summed E-state index contributed by atoms with van der Waals surface area (Å²) in [6, 6.07) is 2.01. The quantitative estimate of drug-likeness (QED) is 0.853. The fourth-order valence-electron chi connectivity index (χ4n) is 2.42. The van der Waals surface area contributed by atoms with Crippen molar-refractivity contribution in [1.29, 1.82) is 0 Å². The number of aromatic amines is 1. The van der Waals surface area contributed by atoms with E-state index in [1.165, 1.54) is 0 Å². The van der Waals surface area contributed by atoms with Crippen LogP contribution in [0.2, 0.25) is 0 Å². The highest BCUT2D eigenvalue weighted by atomic mass is 16.5. The minimum Gasteiger partial charge on any atom is -0.382 e. The fourth-order valence-corrected chi connectivity index (χ4v) is 2.42. The van der Waals surface area contributed by atoms with Gasteiger partial charge in [-0.25, -0.2) is 0 Å². The van der Waals surface area contributed by atoms with Crippen LogP contribution in [0.15, 0.2) is 12.3 Å². The first kappa shape index (κ1) is 12.5. The zero-order valence-electron chi connectivity index (χ0n) is 10.8. The Bertz CT molecular complexity index is 338. The standard InChI is InChI=1S/C12H21N3O2/c1-12(2)9-15(6-10-4-5-13-14-10)7-11(17-12)8-16-3/h4-5,11H,6-9H2,1-3H3,(H,13,14)/t11-/m0/s1. The molecule has 0 saturated carbocycles. The van der Waals surface area contributed by atoms with Gasteiger partial charge in [-0.1, -0.05) is 0 Å². The highest BCUT2D eigenvalue weighted by molar-refractivity contribution is 4.98. The summed E-state index contributed by atoms with van der Waals surface area (Å²) in [4.78, 5) is 2.38. The van der Waals surface area contributed by atoms with E-state index in [2.05, 4.69) is 28.9 Å². The van der Waals surface area contributed by atoms with Gasteiger partial charge >= 0.3 is 0 Å². The van der Waals surface area contributed by atoms with Gasteiger partial charge in [-0.15, -0.1) is 0 Å². The first-order valence-electron chi connectivity index (χ1n) is 5.96. The first-order valence-corrected chi connectivity index (χ1v) is 5.96. The molecular weight excluding hydrogens is 218 g/mol. The van der Waals surface area contributed by atoms with Gasteiger partial charge in [-0.2, -0.15) is 5.10 Å². The molecule has 0 aromatic carbocycles. The molecule has 0 amide bonds. The number of nitrogens with one attached hydrogen (secondary N) is 1. The minimum absolute atomic E-state index is 0.124. The Morgan fingerprint density at radius 1 is 1.65 bits per heavy atom. The molecule has 0 bridgehead atoms. The molecule has 0 aliphatic carbocycles. The van der Waals surface area contributed by atoms with E-state index in [1.807, 2.05) is 6.07 Å². The lowest BCUT2D eigenvalue weighted by Gasteiger charge is -2.42. The van der Waals surface area contributed by atoms with Gasteiger partial charge in [0.25, 0.3) is 0 Å². The number of hydrogen-bond donors (Lipinski definition) is 1. The van der Waals surface area contributed by atoms with Crippen LogP contribution < -0.4 is 0 Å². The molecular formula is C12H21N3O2. The van der Waals surface area contributed by atoms with Gasteiger partial charge < -0.3 is 9.47 Å². The Balaban J connectivity index is 1.97. The smallest absolute Gasteiger partial charge is 0.0942 e. The lowest BCUT2D eigenvalue weighted by molar-refractivity contribution is -0.154. The highest BCUT2D eigenvalue weighted by Gasteiger charge is 2.33. The van der Waals surface area contributed by atoms with E-state index in [9.17, 15) is 0 Å². The predicted octanol–water partition coefficient (Wildman–Crippen LogP) is 1.04. The topological polar surface area (TPSA) is 50.4 Å². The van der Waals surface area contributed by atoms with Crippen LogP contribution >= 0.6 is 0 Å². The molecule has 2 rings (SSSR count). The Labute approximate surface area is 102 Å². The number of methoxy groups -OCH3 is 1. The summed E-state index contributed by atoms with van der Waals surface area (Å²) in [7, 11) is 1.71. The average molecular weight is 239 g/mol. The Morgan fingerprint density at radius 2 is 2.47 bits per heavy atom. The van der Waals surface area contributed by atoms with Crippen LogP contribution in [0.25, 0.3) is 0 Å². The Morgan fingerprint density at radius 3 is 3.12 bits per heavy atom. The number of nitrogens with zero attached hydrogens (tertiary/aromatic N) is 2. The van der Waals surface area contributed by atoms with Gasteiger partial charge in [0.2, 0.25) is 0 Å². The highest BCUT2D eigenvalue weighted by Crippen LogP contribution is 2.22. The molecule has 1 saturated heterocycles. The van der Waals surface area contributed by atoms with Crippen molar-refractivity contribution in [3.63, 3.8) is 0 Å². The molecule has 1 fully saturated rings. The fraction of sp³-hybridized carbons (Fsp3) is 0.750. The molecule has 1 aliphatic heterocycles. The Kier molecular flexibility index (Phi) is 3.81. The van der Waals surface area contributed by atoms with Gasteiger partial charge in [-0.05, 0) is 19.9 Å². The minimum atomic E-state index is -0.124. The first-order chi connectivity index (χ1) is 8.09. The van der Waals surface area contributed by atoms with Gasteiger partial charge in [0.1, 0.15) is 0 Å². The summed E-state index contributed by atoms with van der Waals surface area (Å²) >= 11 is 0. The maximum absolute atomic E-state index is 5.97. The number of hydrogen-bond acceptors (Lipinski definition) is 4. The maximum Gasteiger partial charge on any atom is 0.0942 e. The van der Waals surface area contributed by atoms with Crippen molar-refractivity contribution in [2.24, 2.45) is 0 Å². The zero-order chi connectivity index (χ0) is 12.3. The molecule has 0 radical (unpaired) electrons. The molecule has 1 N–H and O–H groups in total. The van der Waals surface area contributed by atoms with Crippen LogP contribution in [-0.4, -0.2) is 53.6 Å². The van der Waals surface area contributed by atoms with Gasteiger partial charge in [0, 0.05) is 38.6 Å². The molecule has 1 aromatic rings. The molecule has 17 heavy (non-hydrogen) atoms. The van der Waals surface area contributed by atoms with Gasteiger partial charge in [0.15, 0.2) is 0 Å². The van der Waals surface area contributed by atoms with E-state index >= 15 is 0 Å². The van der Waals surface area contributed by atoms with Gasteiger partial charge in [-0.3, -0.25) is 10.00 Å². The monoisotopic (exact) mass is 239 g/mol. The van der Waals surface area contributed by atoms with E-state index in [-0.39, 0.29) is 11.7 Å². The predicted molar refractivity (Wildman–Crippen MR) is 64.7 cm³/mol. The number of H-pyrrole nitrogens is 1. The van der Waals surface area contributed by atoms with Crippen LogP contribution in [0.5, 0.6) is 0 Å². The number of ether oxygens (including phenoxy) is 2. The van der Waals surface area contributed by atoms with Crippen LogP contribution in [0.3, 0.4) is 0 Å². The van der Waals surface area contributed by atoms with Crippen molar-refractivity contribution in [1.82, 2.24) is 15.1 Å². The molecule has 1 atom stereocenters. The van der Waals surface area contributed by atoms with Gasteiger partial charge in [0.05, 0.1) is 18.3 Å². The molecule has 0 spiro atoms. The second kappa shape index (κ2) is 5.16. The molecule has 96 valence electrons. The average Bonchev–Trinajstić information content (AvgIpc) is 2.68. The van der Waals surface area contributed by atoms with Crippen molar-refractivity contribution < 1.29 is 9.47 Å². The maximum atomic E-state index is 5.97. The third kappa shape index (κ3) is 3.52. The molecule has 2 heterocycles. The van der Waals surface area contributed by atoms with E-state index in [1.54, 1.807) is 13.3 Å². The van der Waals surface area contributed by atoms with Crippen molar-refractivity contribution in [2.75, 3.05) is 26.8 Å². The van der Waals surface area contributed by atoms with E-state index in [0.717, 1.165) is 25.3 Å². The lowest BCUT2D eigenvalue weighted by Crippen LogP contribution is -2.53. The van der Waals surface area contributed by atoms with Crippen molar-refractivity contribution in [2.45, 2.75) is 32.1 Å². The third-order valence-corrected chi connectivity index (χ3v) is 2.86. The third-order valence-electron chi connectivity index (χ3n) is 2.86. The normalized spacial score (nSPS) is 25.0. The van der Waals surface area contributed by atoms with Crippen LogP contribution in [-0.2, 0) is 16.0 Å². The van der Waals surface area contributed by atoms with Crippen LogP contribution in [0.1, 0.15) is 19.5 Å². The van der Waals surface area contributed by atoms with E-state index in [0.29, 0.717) is 6.61 Å². The van der Waals surface area contributed by atoms with Crippen LogP contribution in [0.4, 0.5) is 0 Å². The number of morpholine rings is 1. The number of rotatable bonds is 4. The molecule has 5 heteroatoms. The van der Waals surface area contributed by atoms with Crippen LogP contribution in [0, 0.1) is 0 Å². The molecule has 1 aromatic heterocycles. The van der Waals surface area contributed by atoms with Crippen molar-refractivity contribution >= 4 is 0 Å². The summed E-state index contributed by atoms with van der Waals surface area (Å²) in [5.41, 5.74) is 1.01. The summed E-state index contributed by atoms with van der Waals surface area (Å²) in [6.45, 7) is 7.59. The second-order valence-electron chi connectivity index (χ2n) is 5.21. The van der Waals surface area contributed by atoms with E-state index in [4.69, 9.17) is 9.47 Å². The molecule has 0 unspecified atom stereocenters. The number of aromatic nitrogens is 2. The summed E-state index contributed by atoms with van der Waals surface area (Å²) < 4.78 is 11.2. The SMILES string of the molecule is COC[C@@H]1CN(Cc2ccn[nH]2)CC(C)(C)O1. The second-order valence-corrected chi connectivity index (χ2v) is 5.21. The zero-order valence-corrected chi connectivity index (χ0v) is 10.8. The molecule has 1 aliphatic rings. The Hall–Kier alpha value is -0.910. The largest absolute Gasteiger partial charge is 0.382 e. The van der Waals surface area contributed by atoms with E-state index < -0.39 is 0 Å². The van der Waals surface area contributed by atoms with Crippen molar-refractivity contribution in [3.05, 3.63) is 18.0 Å².